The van der Waals surface area contributed by atoms with Crippen molar-refractivity contribution in [3.63, 3.8) is 0 Å². The summed E-state index contributed by atoms with van der Waals surface area (Å²) in [5, 5.41) is 10.2. The molecule has 0 saturated carbocycles. The number of carbonyl (C=O) groups excluding carboxylic acids is 2. The number of fused-ring (bicyclic) bond motifs is 1. The number of ether oxygens (including phenoxy) is 2. The molecule has 0 spiro atoms. The minimum atomic E-state index is -0.727. The number of esters is 1. The molecule has 0 unspecified atom stereocenters. The van der Waals surface area contributed by atoms with Crippen molar-refractivity contribution in [1.29, 1.82) is 0 Å². The van der Waals surface area contributed by atoms with Gasteiger partial charge in [-0.15, -0.1) is 0 Å². The zero-order chi connectivity index (χ0) is 20.7. The highest BCUT2D eigenvalue weighted by molar-refractivity contribution is 5.86. The summed E-state index contributed by atoms with van der Waals surface area (Å²) >= 11 is 0. The topological polar surface area (TPSA) is 72.8 Å². The lowest BCUT2D eigenvalue weighted by atomic mass is 9.92. The van der Waals surface area contributed by atoms with Gasteiger partial charge in [0.1, 0.15) is 5.75 Å². The molecule has 5 nitrogen and oxygen atoms in total. The van der Waals surface area contributed by atoms with Crippen molar-refractivity contribution in [1.82, 2.24) is 0 Å². The van der Waals surface area contributed by atoms with E-state index in [2.05, 4.69) is 13.0 Å². The van der Waals surface area contributed by atoms with Crippen LogP contribution in [-0.4, -0.2) is 23.0 Å². The van der Waals surface area contributed by atoms with Crippen molar-refractivity contribution in [2.45, 2.75) is 85.0 Å². The number of phenols is 1. The van der Waals surface area contributed by atoms with E-state index >= 15 is 0 Å². The molecule has 154 valence electrons. The van der Waals surface area contributed by atoms with Crippen LogP contribution in [0.2, 0.25) is 0 Å². The van der Waals surface area contributed by atoms with Gasteiger partial charge in [0.2, 0.25) is 0 Å². The Morgan fingerprint density at radius 2 is 2.04 bits per heavy atom. The Morgan fingerprint density at radius 3 is 2.68 bits per heavy atom. The number of Topliss-reactive ketones (excluding diaryl/α,β-unsaturated/α-hetero) is 1. The number of unbranched alkanes of at least 4 members (excludes halogenated alkanes) is 2. The Hall–Kier alpha value is -2.14. The fourth-order valence-corrected chi connectivity index (χ4v) is 3.55. The van der Waals surface area contributed by atoms with E-state index in [1.54, 1.807) is 6.07 Å². The van der Waals surface area contributed by atoms with Gasteiger partial charge in [0.15, 0.2) is 11.9 Å². The summed E-state index contributed by atoms with van der Waals surface area (Å²) < 4.78 is 11.1. The van der Waals surface area contributed by atoms with Crippen molar-refractivity contribution in [3.05, 3.63) is 40.5 Å². The van der Waals surface area contributed by atoms with E-state index in [-0.39, 0.29) is 24.6 Å². The Labute approximate surface area is 167 Å². The zero-order valence-electron chi connectivity index (χ0n) is 17.4. The predicted molar refractivity (Wildman–Crippen MR) is 108 cm³/mol. The van der Waals surface area contributed by atoms with Gasteiger partial charge in [-0.05, 0) is 50.3 Å². The van der Waals surface area contributed by atoms with Crippen LogP contribution in [0.15, 0.2) is 23.8 Å². The van der Waals surface area contributed by atoms with Crippen LogP contribution >= 0.6 is 0 Å². The lowest BCUT2D eigenvalue weighted by molar-refractivity contribution is -0.154. The molecule has 1 aliphatic rings. The fraction of sp³-hybridized carbons (Fsp3) is 0.565. The van der Waals surface area contributed by atoms with E-state index in [0.29, 0.717) is 6.42 Å². The molecule has 0 amide bonds. The molecule has 1 heterocycles. The molecule has 2 rings (SSSR count). The highest BCUT2D eigenvalue weighted by atomic mass is 16.5. The van der Waals surface area contributed by atoms with Crippen LogP contribution in [0.4, 0.5) is 0 Å². The molecular formula is C23H32O5. The second-order valence-electron chi connectivity index (χ2n) is 7.69. The summed E-state index contributed by atoms with van der Waals surface area (Å²) in [6, 6.07) is 3.58. The number of rotatable bonds is 10. The average Bonchev–Trinajstić information content (AvgIpc) is 3.05. The standard InChI is InChI=1S/C23H32O5/c1-5-6-7-8-21(28-16(4)24)20(26)13-22-23-17(10-9-15(2)3)11-12-19(25)18(23)14-27-22/h9,11-12,21-22,25H,5-8,10,13-14H2,1-4H3/t21-,22-/m0/s1. The van der Waals surface area contributed by atoms with Gasteiger partial charge in [0.05, 0.1) is 12.7 Å². The molecule has 2 atom stereocenters. The molecule has 0 aromatic heterocycles. The maximum absolute atomic E-state index is 12.9. The van der Waals surface area contributed by atoms with Gasteiger partial charge < -0.3 is 14.6 Å². The largest absolute Gasteiger partial charge is 0.508 e. The Balaban J connectivity index is 2.19. The van der Waals surface area contributed by atoms with Crippen LogP contribution in [0.25, 0.3) is 0 Å². The first kappa shape index (κ1) is 22.2. The van der Waals surface area contributed by atoms with E-state index in [0.717, 1.165) is 42.4 Å². The molecule has 1 aromatic carbocycles. The highest BCUT2D eigenvalue weighted by Crippen LogP contribution is 2.41. The fourth-order valence-electron chi connectivity index (χ4n) is 3.55. The van der Waals surface area contributed by atoms with Crippen LogP contribution in [0.3, 0.4) is 0 Å². The number of hydrogen-bond donors (Lipinski definition) is 1. The monoisotopic (exact) mass is 388 g/mol. The summed E-state index contributed by atoms with van der Waals surface area (Å²) in [5.41, 5.74) is 3.92. The number of allylic oxidation sites excluding steroid dienone is 2. The molecule has 0 saturated heterocycles. The Morgan fingerprint density at radius 1 is 1.29 bits per heavy atom. The quantitative estimate of drug-likeness (QED) is 0.349. The van der Waals surface area contributed by atoms with Gasteiger partial charge in [-0.1, -0.05) is 37.5 Å². The first-order valence-electron chi connectivity index (χ1n) is 10.1. The van der Waals surface area contributed by atoms with Crippen LogP contribution in [0.1, 0.15) is 82.6 Å². The van der Waals surface area contributed by atoms with E-state index in [1.165, 1.54) is 12.5 Å². The number of ketones is 1. The smallest absolute Gasteiger partial charge is 0.303 e. The predicted octanol–water partition coefficient (Wildman–Crippen LogP) is 4.94. The normalized spacial score (nSPS) is 16.4. The van der Waals surface area contributed by atoms with E-state index in [1.807, 2.05) is 19.9 Å². The third kappa shape index (κ3) is 5.93. The van der Waals surface area contributed by atoms with Gasteiger partial charge in [-0.3, -0.25) is 9.59 Å². The third-order valence-corrected chi connectivity index (χ3v) is 5.03. The molecule has 1 N–H and O–H groups in total. The van der Waals surface area contributed by atoms with E-state index in [9.17, 15) is 14.7 Å². The molecule has 5 heteroatoms. The third-order valence-electron chi connectivity index (χ3n) is 5.03. The lowest BCUT2D eigenvalue weighted by Gasteiger charge is -2.19. The maximum atomic E-state index is 12.9. The van der Waals surface area contributed by atoms with Crippen LogP contribution in [0.5, 0.6) is 5.75 Å². The van der Waals surface area contributed by atoms with Crippen molar-refractivity contribution in [2.24, 2.45) is 0 Å². The van der Waals surface area contributed by atoms with Crippen LogP contribution < -0.4 is 0 Å². The molecule has 0 radical (unpaired) electrons. The minimum absolute atomic E-state index is 0.124. The van der Waals surface area contributed by atoms with Crippen molar-refractivity contribution in [2.75, 3.05) is 0 Å². The van der Waals surface area contributed by atoms with Gasteiger partial charge >= 0.3 is 5.97 Å². The van der Waals surface area contributed by atoms with Gasteiger partial charge in [-0.2, -0.15) is 0 Å². The number of hydrogen-bond acceptors (Lipinski definition) is 5. The van der Waals surface area contributed by atoms with Crippen molar-refractivity contribution >= 4 is 11.8 Å². The highest BCUT2D eigenvalue weighted by Gasteiger charge is 2.33. The number of carbonyl (C=O) groups is 2. The number of phenolic OH excluding ortho intramolecular Hbond substituents is 1. The van der Waals surface area contributed by atoms with Crippen LogP contribution in [0, 0.1) is 0 Å². The minimum Gasteiger partial charge on any atom is -0.508 e. The molecular weight excluding hydrogens is 356 g/mol. The van der Waals surface area contributed by atoms with E-state index < -0.39 is 18.2 Å². The van der Waals surface area contributed by atoms with Crippen molar-refractivity contribution in [3.8, 4) is 5.75 Å². The summed E-state index contributed by atoms with van der Waals surface area (Å²) in [6.07, 6.45) is 5.25. The molecule has 28 heavy (non-hydrogen) atoms. The second kappa shape index (κ2) is 10.4. The Kier molecular flexibility index (Phi) is 8.24. The summed E-state index contributed by atoms with van der Waals surface area (Å²) in [4.78, 5) is 24.3. The summed E-state index contributed by atoms with van der Waals surface area (Å²) in [6.45, 7) is 7.79. The SMILES string of the molecule is CCCCC[C@H](OC(C)=O)C(=O)C[C@@H]1OCc2c(O)ccc(CC=C(C)C)c21. The zero-order valence-corrected chi connectivity index (χ0v) is 17.4. The average molecular weight is 389 g/mol. The van der Waals surface area contributed by atoms with Gasteiger partial charge in [0.25, 0.3) is 0 Å². The molecule has 1 aliphatic heterocycles. The molecule has 0 aliphatic carbocycles. The first-order chi connectivity index (χ1) is 13.3. The van der Waals surface area contributed by atoms with Crippen LogP contribution in [-0.2, 0) is 32.1 Å². The first-order valence-corrected chi connectivity index (χ1v) is 10.1. The maximum Gasteiger partial charge on any atom is 0.303 e. The van der Waals surface area contributed by atoms with E-state index in [4.69, 9.17) is 9.47 Å². The second-order valence-corrected chi connectivity index (χ2v) is 7.69. The lowest BCUT2D eigenvalue weighted by Crippen LogP contribution is -2.28. The molecule has 0 bridgehead atoms. The van der Waals surface area contributed by atoms with Gasteiger partial charge in [0, 0.05) is 18.9 Å². The molecule has 0 fully saturated rings. The number of aromatic hydroxyl groups is 1. The summed E-state index contributed by atoms with van der Waals surface area (Å²) in [5.74, 6) is -0.365. The van der Waals surface area contributed by atoms with Gasteiger partial charge in [-0.25, -0.2) is 0 Å². The number of benzene rings is 1. The van der Waals surface area contributed by atoms with Crippen molar-refractivity contribution < 1.29 is 24.2 Å². The summed E-state index contributed by atoms with van der Waals surface area (Å²) in [7, 11) is 0. The molecule has 1 aromatic rings. The Bertz CT molecular complexity index is 731.